The van der Waals surface area contributed by atoms with Gasteiger partial charge in [-0.2, -0.15) is 10.5 Å². The van der Waals surface area contributed by atoms with Crippen LogP contribution in [0, 0.1) is 22.7 Å². The van der Waals surface area contributed by atoms with Crippen molar-refractivity contribution < 1.29 is 0 Å². The Bertz CT molecular complexity index is 1310. The van der Waals surface area contributed by atoms with E-state index < -0.39 is 0 Å². The first-order valence-corrected chi connectivity index (χ1v) is 10.9. The number of aromatic nitrogens is 3. The fraction of sp³-hybridized carbons (Fsp3) is 0.0385. The van der Waals surface area contributed by atoms with E-state index in [1.54, 1.807) is 0 Å². The van der Waals surface area contributed by atoms with Crippen LogP contribution in [-0.2, 0) is 0 Å². The summed E-state index contributed by atoms with van der Waals surface area (Å²) in [5.41, 5.74) is 4.88. The molecule has 0 aliphatic rings. The molecule has 0 atom stereocenters. The fourth-order valence-corrected chi connectivity index (χ4v) is 4.03. The van der Waals surface area contributed by atoms with Crippen LogP contribution in [0.5, 0.6) is 0 Å². The molecule has 3 aromatic carbocycles. The highest BCUT2D eigenvalue weighted by Gasteiger charge is 2.15. The van der Waals surface area contributed by atoms with Crippen LogP contribution in [0.3, 0.4) is 0 Å². The zero-order valence-electron chi connectivity index (χ0n) is 17.0. The van der Waals surface area contributed by atoms with E-state index in [9.17, 15) is 10.5 Å². The molecule has 0 bridgehead atoms. The lowest BCUT2D eigenvalue weighted by Gasteiger charge is -2.10. The lowest BCUT2D eigenvalue weighted by Crippen LogP contribution is -2.00. The molecule has 0 fully saturated rings. The Morgan fingerprint density at radius 3 is 1.78 bits per heavy atom. The number of rotatable bonds is 6. The molecule has 1 aromatic heterocycles. The minimum absolute atomic E-state index is 0.0841. The zero-order valence-corrected chi connectivity index (χ0v) is 17.8. The average molecular weight is 432 g/mol. The second kappa shape index (κ2) is 10.2. The van der Waals surface area contributed by atoms with Gasteiger partial charge in [-0.3, -0.25) is 0 Å². The first kappa shape index (κ1) is 21.0. The van der Waals surface area contributed by atoms with Crippen molar-refractivity contribution in [3.63, 3.8) is 0 Å². The van der Waals surface area contributed by atoms with Crippen molar-refractivity contribution in [3.8, 4) is 34.7 Å². The number of thioether (sulfide) groups is 1. The topological polar surface area (TPSA) is 86.2 Å². The van der Waals surface area contributed by atoms with E-state index in [2.05, 4.69) is 10.2 Å². The van der Waals surface area contributed by atoms with E-state index in [1.165, 1.54) is 11.8 Å². The van der Waals surface area contributed by atoms with Crippen molar-refractivity contribution in [1.82, 2.24) is 15.2 Å². The standard InChI is InChI=1S/C26H17N5S/c27-16-22(17-28)23(19-10-4-1-5-11-19)18-32-26-29-24(20-12-6-2-7-13-20)25(30-31-26)21-14-8-3-9-15-21/h1-15H,18H2. The molecule has 0 unspecified atom stereocenters. The third-order valence-corrected chi connectivity index (χ3v) is 5.62. The average Bonchev–Trinajstić information content (AvgIpc) is 2.88. The van der Waals surface area contributed by atoms with E-state index in [-0.39, 0.29) is 5.57 Å². The molecule has 5 nitrogen and oxygen atoms in total. The molecule has 0 saturated carbocycles. The molecule has 0 amide bonds. The van der Waals surface area contributed by atoms with Crippen molar-refractivity contribution in [2.45, 2.75) is 5.16 Å². The number of hydrogen-bond donors (Lipinski definition) is 0. The summed E-state index contributed by atoms with van der Waals surface area (Å²) in [5, 5.41) is 28.1. The number of nitrogens with zero attached hydrogens (tertiary/aromatic N) is 5. The predicted octanol–water partition coefficient (Wildman–Crippen LogP) is 5.80. The summed E-state index contributed by atoms with van der Waals surface area (Å²) in [6.45, 7) is 0. The number of nitriles is 2. The lowest BCUT2D eigenvalue weighted by molar-refractivity contribution is 0.851. The first-order valence-electron chi connectivity index (χ1n) is 9.87. The van der Waals surface area contributed by atoms with Gasteiger partial charge in [0.05, 0.1) is 0 Å². The summed E-state index contributed by atoms with van der Waals surface area (Å²) >= 11 is 1.35. The highest BCUT2D eigenvalue weighted by Crippen LogP contribution is 2.31. The Balaban J connectivity index is 1.71. The second-order valence-corrected chi connectivity index (χ2v) is 7.70. The van der Waals surface area contributed by atoms with E-state index >= 15 is 0 Å². The highest BCUT2D eigenvalue weighted by atomic mass is 32.2. The molecule has 6 heteroatoms. The van der Waals surface area contributed by atoms with Crippen LogP contribution in [-0.4, -0.2) is 20.9 Å². The molecule has 1 heterocycles. The van der Waals surface area contributed by atoms with Gasteiger partial charge in [0.1, 0.15) is 29.1 Å². The summed E-state index contributed by atoms with van der Waals surface area (Å²) in [6.07, 6.45) is 0. The first-order chi connectivity index (χ1) is 15.8. The molecule has 0 spiro atoms. The monoisotopic (exact) mass is 431 g/mol. The van der Waals surface area contributed by atoms with Crippen LogP contribution in [0.15, 0.2) is 102 Å². The van der Waals surface area contributed by atoms with E-state index in [4.69, 9.17) is 4.98 Å². The van der Waals surface area contributed by atoms with E-state index in [1.807, 2.05) is 103 Å². The van der Waals surface area contributed by atoms with Gasteiger partial charge in [0.2, 0.25) is 5.16 Å². The Hall–Kier alpha value is -4.26. The van der Waals surface area contributed by atoms with Crippen molar-refractivity contribution in [2.24, 2.45) is 0 Å². The minimum atomic E-state index is 0.0841. The van der Waals surface area contributed by atoms with Crippen LogP contribution >= 0.6 is 11.8 Å². The Morgan fingerprint density at radius 2 is 1.22 bits per heavy atom. The smallest absolute Gasteiger partial charge is 0.210 e. The summed E-state index contributed by atoms with van der Waals surface area (Å²) in [6, 6.07) is 33.1. The van der Waals surface area contributed by atoms with Gasteiger partial charge in [-0.25, -0.2) is 4.98 Å². The summed E-state index contributed by atoms with van der Waals surface area (Å²) in [7, 11) is 0. The van der Waals surface area contributed by atoms with Crippen molar-refractivity contribution in [1.29, 1.82) is 10.5 Å². The van der Waals surface area contributed by atoms with Crippen LogP contribution in [0.4, 0.5) is 0 Å². The fourth-order valence-electron chi connectivity index (χ4n) is 3.20. The van der Waals surface area contributed by atoms with Crippen molar-refractivity contribution >= 4 is 17.3 Å². The molecule has 0 radical (unpaired) electrons. The number of hydrogen-bond acceptors (Lipinski definition) is 6. The highest BCUT2D eigenvalue weighted by molar-refractivity contribution is 7.99. The molecular weight excluding hydrogens is 414 g/mol. The van der Waals surface area contributed by atoms with Gasteiger partial charge in [0.15, 0.2) is 0 Å². The summed E-state index contributed by atoms with van der Waals surface area (Å²) in [4.78, 5) is 4.80. The largest absolute Gasteiger partial charge is 0.219 e. The van der Waals surface area contributed by atoms with E-state index in [0.29, 0.717) is 22.2 Å². The van der Waals surface area contributed by atoms with Gasteiger partial charge in [-0.1, -0.05) is 103 Å². The van der Waals surface area contributed by atoms with Gasteiger partial charge in [-0.15, -0.1) is 10.2 Å². The van der Waals surface area contributed by atoms with Crippen LogP contribution in [0.1, 0.15) is 5.56 Å². The predicted molar refractivity (Wildman–Crippen MR) is 126 cm³/mol. The van der Waals surface area contributed by atoms with Gasteiger partial charge in [0.25, 0.3) is 0 Å². The maximum Gasteiger partial charge on any atom is 0.210 e. The molecule has 32 heavy (non-hydrogen) atoms. The number of benzene rings is 3. The Kier molecular flexibility index (Phi) is 6.67. The Labute approximate surface area is 190 Å². The maximum atomic E-state index is 9.43. The van der Waals surface area contributed by atoms with Gasteiger partial charge in [-0.05, 0) is 11.1 Å². The Morgan fingerprint density at radius 1 is 0.688 bits per heavy atom. The van der Waals surface area contributed by atoms with Crippen LogP contribution in [0.2, 0.25) is 0 Å². The molecule has 4 rings (SSSR count). The third kappa shape index (κ3) is 4.73. The third-order valence-electron chi connectivity index (χ3n) is 4.75. The van der Waals surface area contributed by atoms with Crippen molar-refractivity contribution in [3.05, 3.63) is 102 Å². The van der Waals surface area contributed by atoms with Gasteiger partial charge >= 0.3 is 0 Å². The lowest BCUT2D eigenvalue weighted by atomic mass is 10.0. The minimum Gasteiger partial charge on any atom is -0.219 e. The molecule has 4 aromatic rings. The quantitative estimate of drug-likeness (QED) is 0.283. The molecule has 0 saturated heterocycles. The zero-order chi connectivity index (χ0) is 22.2. The normalized spacial score (nSPS) is 10.1. The van der Waals surface area contributed by atoms with Gasteiger partial charge in [0, 0.05) is 16.9 Å². The molecule has 152 valence electrons. The van der Waals surface area contributed by atoms with Crippen molar-refractivity contribution in [2.75, 3.05) is 5.75 Å². The molecular formula is C26H17N5S. The van der Waals surface area contributed by atoms with Gasteiger partial charge < -0.3 is 0 Å². The molecule has 0 N–H and O–H groups in total. The summed E-state index contributed by atoms with van der Waals surface area (Å²) in [5.74, 6) is 0.376. The van der Waals surface area contributed by atoms with Crippen LogP contribution < -0.4 is 0 Å². The number of allylic oxidation sites excluding steroid dienone is 1. The molecule has 0 aliphatic carbocycles. The SMILES string of the molecule is N#CC(C#N)=C(CSc1nnc(-c2ccccc2)c(-c2ccccc2)n1)c1ccccc1. The van der Waals surface area contributed by atoms with E-state index in [0.717, 1.165) is 22.4 Å². The van der Waals surface area contributed by atoms with Crippen LogP contribution in [0.25, 0.3) is 28.1 Å². The maximum absolute atomic E-state index is 9.43. The summed E-state index contributed by atoms with van der Waals surface area (Å²) < 4.78 is 0. The molecule has 0 aliphatic heterocycles. The second-order valence-electron chi connectivity index (χ2n) is 6.76.